The van der Waals surface area contributed by atoms with Gasteiger partial charge in [0.15, 0.2) is 5.96 Å². The molecule has 0 amide bonds. The smallest absolute Gasteiger partial charge is 0.191 e. The minimum Gasteiger partial charge on any atom is -0.497 e. The minimum atomic E-state index is -0.00352. The van der Waals surface area contributed by atoms with E-state index in [0.29, 0.717) is 6.54 Å². The van der Waals surface area contributed by atoms with Crippen LogP contribution in [0.25, 0.3) is 0 Å². The number of ether oxygens (including phenoxy) is 3. The Hall–Kier alpha value is -0.910. The van der Waals surface area contributed by atoms with Gasteiger partial charge in [0.2, 0.25) is 0 Å². The minimum absolute atomic E-state index is 0. The zero-order valence-corrected chi connectivity index (χ0v) is 22.0. The Morgan fingerprint density at radius 2 is 2.06 bits per heavy atom. The molecular weight excluding hydrogens is 527 g/mol. The third-order valence-electron chi connectivity index (χ3n) is 5.58. The molecule has 3 rings (SSSR count). The molecular formula is C22H37IN4O3S. The SMILES string of the molecule is CCNC(=NCC1(N2CCOCC2)CCSC1)NCC(C)Oc1cccc(OC)c1.I. The molecule has 2 fully saturated rings. The lowest BCUT2D eigenvalue weighted by Crippen LogP contribution is -2.56. The molecule has 31 heavy (non-hydrogen) atoms. The zero-order chi connectivity index (χ0) is 21.2. The molecule has 2 unspecified atom stereocenters. The van der Waals surface area contributed by atoms with Gasteiger partial charge < -0.3 is 24.8 Å². The van der Waals surface area contributed by atoms with Crippen LogP contribution >= 0.6 is 35.7 Å². The monoisotopic (exact) mass is 564 g/mol. The van der Waals surface area contributed by atoms with Crippen LogP contribution in [0.4, 0.5) is 0 Å². The summed E-state index contributed by atoms with van der Waals surface area (Å²) in [6.07, 6.45) is 1.19. The van der Waals surface area contributed by atoms with Gasteiger partial charge in [-0.3, -0.25) is 9.89 Å². The fraction of sp³-hybridized carbons (Fsp3) is 0.682. The molecule has 0 bridgehead atoms. The maximum absolute atomic E-state index is 6.03. The molecule has 0 spiro atoms. The molecule has 2 aliphatic rings. The first kappa shape index (κ1) is 26.3. The molecule has 1 aromatic carbocycles. The summed E-state index contributed by atoms with van der Waals surface area (Å²) in [6, 6.07) is 7.70. The highest BCUT2D eigenvalue weighted by Crippen LogP contribution is 2.34. The van der Waals surface area contributed by atoms with Crippen molar-refractivity contribution in [2.75, 3.05) is 64.6 Å². The van der Waals surface area contributed by atoms with Crippen LogP contribution in [0.3, 0.4) is 0 Å². The second kappa shape index (κ2) is 13.6. The highest BCUT2D eigenvalue weighted by molar-refractivity contribution is 14.0. The summed E-state index contributed by atoms with van der Waals surface area (Å²) >= 11 is 2.04. The summed E-state index contributed by atoms with van der Waals surface area (Å²) in [5, 5.41) is 6.82. The van der Waals surface area contributed by atoms with Crippen LogP contribution in [0, 0.1) is 0 Å². The highest BCUT2D eigenvalue weighted by atomic mass is 127. The lowest BCUT2D eigenvalue weighted by molar-refractivity contribution is -0.0104. The maximum atomic E-state index is 6.03. The van der Waals surface area contributed by atoms with E-state index >= 15 is 0 Å². The summed E-state index contributed by atoms with van der Waals surface area (Å²) in [6.45, 7) is 10.1. The molecule has 7 nitrogen and oxygen atoms in total. The first-order valence-corrected chi connectivity index (χ1v) is 12.0. The van der Waals surface area contributed by atoms with E-state index < -0.39 is 0 Å². The molecule has 2 saturated heterocycles. The summed E-state index contributed by atoms with van der Waals surface area (Å²) in [4.78, 5) is 7.57. The number of halogens is 1. The summed E-state index contributed by atoms with van der Waals surface area (Å²) in [5.74, 6) is 4.81. The predicted octanol–water partition coefficient (Wildman–Crippen LogP) is 2.84. The molecule has 2 heterocycles. The second-order valence-electron chi connectivity index (χ2n) is 7.81. The second-order valence-corrected chi connectivity index (χ2v) is 8.92. The normalized spacial score (nSPS) is 23.0. The Labute approximate surface area is 208 Å². The van der Waals surface area contributed by atoms with Crippen LogP contribution in [0.2, 0.25) is 0 Å². The lowest BCUT2D eigenvalue weighted by atomic mass is 9.96. The van der Waals surface area contributed by atoms with Gasteiger partial charge in [-0.1, -0.05) is 6.07 Å². The first-order valence-electron chi connectivity index (χ1n) is 10.9. The van der Waals surface area contributed by atoms with E-state index in [1.54, 1.807) is 7.11 Å². The number of benzene rings is 1. The molecule has 2 N–H and O–H groups in total. The van der Waals surface area contributed by atoms with E-state index in [2.05, 4.69) is 29.4 Å². The third kappa shape index (κ3) is 7.87. The van der Waals surface area contributed by atoms with Crippen molar-refractivity contribution in [3.63, 3.8) is 0 Å². The van der Waals surface area contributed by atoms with Gasteiger partial charge in [-0.2, -0.15) is 11.8 Å². The van der Waals surface area contributed by atoms with Crippen LogP contribution in [0.5, 0.6) is 11.5 Å². The van der Waals surface area contributed by atoms with E-state index in [4.69, 9.17) is 19.2 Å². The van der Waals surface area contributed by atoms with Crippen LogP contribution in [0.1, 0.15) is 20.3 Å². The van der Waals surface area contributed by atoms with Crippen LogP contribution in [-0.4, -0.2) is 87.1 Å². The fourth-order valence-electron chi connectivity index (χ4n) is 3.87. The van der Waals surface area contributed by atoms with E-state index in [-0.39, 0.29) is 35.6 Å². The number of hydrogen-bond acceptors (Lipinski definition) is 6. The molecule has 2 atom stereocenters. The van der Waals surface area contributed by atoms with Crippen molar-refractivity contribution >= 4 is 41.7 Å². The van der Waals surface area contributed by atoms with Crippen molar-refractivity contribution < 1.29 is 14.2 Å². The van der Waals surface area contributed by atoms with E-state index in [0.717, 1.165) is 62.6 Å². The quantitative estimate of drug-likeness (QED) is 0.272. The molecule has 0 radical (unpaired) electrons. The fourth-order valence-corrected chi connectivity index (χ4v) is 5.33. The molecule has 2 aliphatic heterocycles. The summed E-state index contributed by atoms with van der Waals surface area (Å²) in [5.41, 5.74) is 0.152. The van der Waals surface area contributed by atoms with Crippen LogP contribution in [0.15, 0.2) is 29.3 Å². The van der Waals surface area contributed by atoms with Crippen molar-refractivity contribution in [1.29, 1.82) is 0 Å². The zero-order valence-electron chi connectivity index (χ0n) is 18.9. The number of aliphatic imine (C=N–C) groups is 1. The van der Waals surface area contributed by atoms with Crippen molar-refractivity contribution in [3.8, 4) is 11.5 Å². The third-order valence-corrected chi connectivity index (χ3v) is 6.81. The number of guanidine groups is 1. The summed E-state index contributed by atoms with van der Waals surface area (Å²) < 4.78 is 16.9. The maximum Gasteiger partial charge on any atom is 0.191 e. The molecule has 0 aromatic heterocycles. The van der Waals surface area contributed by atoms with E-state index in [1.807, 2.05) is 36.0 Å². The van der Waals surface area contributed by atoms with Crippen molar-refractivity contribution in [2.24, 2.45) is 4.99 Å². The van der Waals surface area contributed by atoms with Gasteiger partial charge in [-0.25, -0.2) is 0 Å². The van der Waals surface area contributed by atoms with E-state index in [9.17, 15) is 0 Å². The molecule has 0 aliphatic carbocycles. The van der Waals surface area contributed by atoms with Gasteiger partial charge >= 0.3 is 0 Å². The number of nitrogens with one attached hydrogen (secondary N) is 2. The number of thioether (sulfide) groups is 1. The number of morpholine rings is 1. The van der Waals surface area contributed by atoms with Gasteiger partial charge in [0.05, 0.1) is 39.0 Å². The number of hydrogen-bond donors (Lipinski definition) is 2. The Kier molecular flexibility index (Phi) is 11.6. The molecule has 176 valence electrons. The predicted molar refractivity (Wildman–Crippen MR) is 140 cm³/mol. The molecule has 9 heteroatoms. The first-order chi connectivity index (χ1) is 14.6. The number of methoxy groups -OCH3 is 1. The van der Waals surface area contributed by atoms with E-state index in [1.165, 1.54) is 12.2 Å². The highest BCUT2D eigenvalue weighted by Gasteiger charge is 2.40. The number of rotatable bonds is 9. The lowest BCUT2D eigenvalue weighted by Gasteiger charge is -2.42. The van der Waals surface area contributed by atoms with Gasteiger partial charge in [-0.15, -0.1) is 24.0 Å². The van der Waals surface area contributed by atoms with Crippen LogP contribution < -0.4 is 20.1 Å². The topological polar surface area (TPSA) is 67.4 Å². The van der Waals surface area contributed by atoms with Crippen molar-refractivity contribution in [3.05, 3.63) is 24.3 Å². The largest absolute Gasteiger partial charge is 0.497 e. The standard InChI is InChI=1S/C22H36N4O3S.HI/c1-4-23-21(24-15-18(2)29-20-7-5-6-19(14-20)27-3)25-16-22(8-13-30-17-22)26-9-11-28-12-10-26;/h5-7,14,18H,4,8-13,15-17H2,1-3H3,(H2,23,24,25);1H. The molecule has 0 saturated carbocycles. The number of nitrogens with zero attached hydrogens (tertiary/aromatic N) is 2. The Balaban J connectivity index is 0.00000341. The van der Waals surface area contributed by atoms with Gasteiger partial charge in [-0.05, 0) is 38.2 Å². The average molecular weight is 565 g/mol. The average Bonchev–Trinajstić information content (AvgIpc) is 3.26. The Morgan fingerprint density at radius 3 is 2.74 bits per heavy atom. The van der Waals surface area contributed by atoms with Crippen molar-refractivity contribution in [1.82, 2.24) is 15.5 Å². The summed E-state index contributed by atoms with van der Waals surface area (Å²) in [7, 11) is 1.66. The Bertz CT molecular complexity index is 682. The van der Waals surface area contributed by atoms with Gasteiger partial charge in [0, 0.05) is 31.5 Å². The van der Waals surface area contributed by atoms with Crippen molar-refractivity contribution in [2.45, 2.75) is 31.9 Å². The van der Waals surface area contributed by atoms with Gasteiger partial charge in [0.25, 0.3) is 0 Å². The van der Waals surface area contributed by atoms with Gasteiger partial charge in [0.1, 0.15) is 17.6 Å². The molecule has 1 aromatic rings. The van der Waals surface area contributed by atoms with Crippen LogP contribution in [-0.2, 0) is 4.74 Å². The Morgan fingerprint density at radius 1 is 1.29 bits per heavy atom.